The Hall–Kier alpha value is -2.55. The van der Waals surface area contributed by atoms with E-state index in [-0.39, 0.29) is 31.3 Å². The van der Waals surface area contributed by atoms with Crippen LogP contribution >= 0.6 is 7.82 Å². The summed E-state index contributed by atoms with van der Waals surface area (Å²) in [5.41, 5.74) is 0. The molecule has 0 aliphatic heterocycles. The number of likely N-dealkylation sites (N-methyl/N-ethyl adjacent to an activating group) is 1. The Morgan fingerprint density at radius 1 is 0.474 bits per heavy atom. The summed E-state index contributed by atoms with van der Waals surface area (Å²) in [4.78, 5) is 40.0. The molecule has 1 amide bonds. The predicted molar refractivity (Wildman–Crippen MR) is 325 cm³/mol. The van der Waals surface area contributed by atoms with Gasteiger partial charge in [-0.15, -0.1) is 0 Å². The zero-order valence-corrected chi connectivity index (χ0v) is 51.3. The minimum absolute atomic E-state index is 0.0302. The fourth-order valence-electron chi connectivity index (χ4n) is 9.02. The number of nitrogens with zero attached hydrogens (tertiary/aromatic N) is 1. The van der Waals surface area contributed by atoms with E-state index in [0.717, 1.165) is 89.9 Å². The van der Waals surface area contributed by atoms with Gasteiger partial charge in [-0.25, -0.2) is 0 Å². The molecule has 1 N–H and O–H groups in total. The van der Waals surface area contributed by atoms with E-state index in [0.29, 0.717) is 17.4 Å². The molecule has 0 bridgehead atoms. The molecule has 0 fully saturated rings. The lowest BCUT2D eigenvalue weighted by Gasteiger charge is -2.30. The molecule has 0 rings (SSSR count). The summed E-state index contributed by atoms with van der Waals surface area (Å²) in [6.45, 7) is 6.72. The fraction of sp³-hybridized carbons (Fsp3) is 0.788. The Labute approximate surface area is 470 Å². The third kappa shape index (κ3) is 56.2. The van der Waals surface area contributed by atoms with Gasteiger partial charge in [-0.3, -0.25) is 14.2 Å². The first kappa shape index (κ1) is 73.5. The number of amides is 1. The molecule has 0 aliphatic carbocycles. The molecule has 442 valence electrons. The van der Waals surface area contributed by atoms with E-state index in [1.807, 2.05) is 33.3 Å². The topological polar surface area (TPSA) is 114 Å². The summed E-state index contributed by atoms with van der Waals surface area (Å²) in [6.07, 6.45) is 71.6. The predicted octanol–water partition coefficient (Wildman–Crippen LogP) is 19.0. The number of quaternary nitrogens is 1. The van der Waals surface area contributed by atoms with Crippen molar-refractivity contribution in [1.29, 1.82) is 0 Å². The van der Waals surface area contributed by atoms with Crippen LogP contribution in [0.15, 0.2) is 72.9 Å². The van der Waals surface area contributed by atoms with E-state index in [9.17, 15) is 19.0 Å². The van der Waals surface area contributed by atoms with Crippen LogP contribution in [0.25, 0.3) is 0 Å². The van der Waals surface area contributed by atoms with Crippen molar-refractivity contribution in [3.05, 3.63) is 72.9 Å². The van der Waals surface area contributed by atoms with Gasteiger partial charge in [-0.2, -0.15) is 0 Å². The molecule has 76 heavy (non-hydrogen) atoms. The molecule has 0 saturated carbocycles. The number of allylic oxidation sites excluding steroid dienone is 11. The fourth-order valence-corrected chi connectivity index (χ4v) is 9.74. The van der Waals surface area contributed by atoms with Crippen LogP contribution in [-0.4, -0.2) is 69.4 Å². The van der Waals surface area contributed by atoms with Crippen molar-refractivity contribution in [1.82, 2.24) is 5.32 Å². The van der Waals surface area contributed by atoms with Gasteiger partial charge < -0.3 is 28.5 Å². The summed E-state index contributed by atoms with van der Waals surface area (Å²) < 4.78 is 30.3. The summed E-state index contributed by atoms with van der Waals surface area (Å²) in [7, 11) is 1.16. The zero-order valence-electron chi connectivity index (χ0n) is 50.4. The standard InChI is InChI=1S/C66H121N2O7P/c1-7-10-13-16-19-22-25-28-30-32-34-36-38-40-43-46-49-52-55-58-65(69)67-63(62-74-76(71,72)73-61-60-68(4,5)6)64(57-54-51-48-45-42-27-24-21-18-15-12-9-3)75-66(70)59-56-53-50-47-44-41-39-37-35-33-31-29-26-23-20-17-14-11-8-2/h10,13,19,22,28,30,34,36,40,43,54,57,63-64H,7-9,11-12,14-18,20-21,23-27,29,31-33,35,37-39,41-42,44-53,55-56,58-62H2,1-6H3,(H-,67,69,71,72)/b13-10-,22-19-,30-28-,36-34-,43-40-,57-54+. The Morgan fingerprint density at radius 2 is 0.842 bits per heavy atom. The monoisotopic (exact) mass is 1080 g/mol. The highest BCUT2D eigenvalue weighted by Gasteiger charge is 2.27. The molecule has 10 heteroatoms. The third-order valence-electron chi connectivity index (χ3n) is 13.9. The number of phosphoric acid groups is 1. The highest BCUT2D eigenvalue weighted by Crippen LogP contribution is 2.38. The van der Waals surface area contributed by atoms with Gasteiger partial charge in [0.25, 0.3) is 7.82 Å². The minimum atomic E-state index is -4.71. The normalized spacial score (nSPS) is 14.1. The van der Waals surface area contributed by atoms with Crippen LogP contribution in [0.4, 0.5) is 0 Å². The van der Waals surface area contributed by atoms with E-state index in [4.69, 9.17) is 13.8 Å². The van der Waals surface area contributed by atoms with Crippen LogP contribution in [0.1, 0.15) is 284 Å². The molecule has 0 aromatic carbocycles. The Morgan fingerprint density at radius 3 is 1.28 bits per heavy atom. The SMILES string of the molecule is CC/C=C\C/C=C\C/C=C\C/C=C\C/C=C\CCCCCC(=O)NC(COP(=O)([O-])OCC[N+](C)(C)C)C(/C=C/CCCCCCCCCCCC)OC(=O)CCCCCCCCCCCCCCCCCCCCC. The van der Waals surface area contributed by atoms with Crippen molar-refractivity contribution in [2.75, 3.05) is 40.9 Å². The van der Waals surface area contributed by atoms with Crippen LogP contribution < -0.4 is 10.2 Å². The van der Waals surface area contributed by atoms with Gasteiger partial charge in [0.2, 0.25) is 5.91 Å². The van der Waals surface area contributed by atoms with Crippen LogP contribution in [0.2, 0.25) is 0 Å². The number of ether oxygens (including phenoxy) is 1. The van der Waals surface area contributed by atoms with Gasteiger partial charge in [0.15, 0.2) is 0 Å². The second-order valence-corrected chi connectivity index (χ2v) is 23.9. The van der Waals surface area contributed by atoms with Gasteiger partial charge in [0, 0.05) is 12.8 Å². The van der Waals surface area contributed by atoms with Crippen LogP contribution in [0, 0.1) is 0 Å². The number of carbonyl (C=O) groups excluding carboxylic acids is 2. The number of hydrogen-bond donors (Lipinski definition) is 1. The lowest BCUT2D eigenvalue weighted by atomic mass is 10.0. The molecule has 0 heterocycles. The maximum Gasteiger partial charge on any atom is 0.306 e. The number of phosphoric ester groups is 1. The molecule has 0 radical (unpaired) electrons. The number of carbonyl (C=O) groups is 2. The molecule has 9 nitrogen and oxygen atoms in total. The maximum absolute atomic E-state index is 13.5. The Kier molecular flexibility index (Phi) is 53.9. The second kappa shape index (κ2) is 55.8. The van der Waals surface area contributed by atoms with Crippen LogP contribution in [-0.2, 0) is 27.9 Å². The molecule has 0 spiro atoms. The van der Waals surface area contributed by atoms with Crippen molar-refractivity contribution >= 4 is 19.7 Å². The number of nitrogens with one attached hydrogen (secondary N) is 1. The number of esters is 1. The van der Waals surface area contributed by atoms with Gasteiger partial charge in [0.05, 0.1) is 33.8 Å². The molecule has 3 unspecified atom stereocenters. The van der Waals surface area contributed by atoms with Gasteiger partial charge in [-0.05, 0) is 76.7 Å². The van der Waals surface area contributed by atoms with Crippen LogP contribution in [0.5, 0.6) is 0 Å². The zero-order chi connectivity index (χ0) is 55.7. The average molecular weight is 1090 g/mol. The highest BCUT2D eigenvalue weighted by atomic mass is 31.2. The van der Waals surface area contributed by atoms with Gasteiger partial charge >= 0.3 is 5.97 Å². The smallest absolute Gasteiger partial charge is 0.306 e. The van der Waals surface area contributed by atoms with E-state index >= 15 is 0 Å². The first-order chi connectivity index (χ1) is 36.9. The molecular formula is C66H121N2O7P. The summed E-state index contributed by atoms with van der Waals surface area (Å²) in [6, 6.07) is -0.906. The van der Waals surface area contributed by atoms with Crippen molar-refractivity contribution in [2.24, 2.45) is 0 Å². The van der Waals surface area contributed by atoms with Crippen LogP contribution in [0.3, 0.4) is 0 Å². The van der Waals surface area contributed by atoms with Crippen molar-refractivity contribution in [2.45, 2.75) is 296 Å². The molecule has 0 aliphatic rings. The minimum Gasteiger partial charge on any atom is -0.756 e. The maximum atomic E-state index is 13.5. The van der Waals surface area contributed by atoms with E-state index < -0.39 is 26.6 Å². The lowest BCUT2D eigenvalue weighted by molar-refractivity contribution is -0.870. The number of unbranched alkanes of at least 4 members (excludes halogenated alkanes) is 31. The molecule has 0 saturated heterocycles. The first-order valence-electron chi connectivity index (χ1n) is 31.7. The summed E-state index contributed by atoms with van der Waals surface area (Å²) >= 11 is 0. The van der Waals surface area contributed by atoms with E-state index in [1.165, 1.54) is 154 Å². The van der Waals surface area contributed by atoms with Gasteiger partial charge in [-0.1, -0.05) is 267 Å². The van der Waals surface area contributed by atoms with E-state index in [1.54, 1.807) is 0 Å². The van der Waals surface area contributed by atoms with Crippen molar-refractivity contribution < 1.29 is 37.3 Å². The second-order valence-electron chi connectivity index (χ2n) is 22.5. The highest BCUT2D eigenvalue weighted by molar-refractivity contribution is 7.45. The summed E-state index contributed by atoms with van der Waals surface area (Å²) in [5.74, 6) is -0.572. The quantitative estimate of drug-likeness (QED) is 0.0212. The number of rotatable bonds is 57. The first-order valence-corrected chi connectivity index (χ1v) is 33.2. The van der Waals surface area contributed by atoms with Gasteiger partial charge in [0.1, 0.15) is 19.3 Å². The Balaban J connectivity index is 5.28. The van der Waals surface area contributed by atoms with Crippen molar-refractivity contribution in [3.8, 4) is 0 Å². The molecular weight excluding hydrogens is 964 g/mol. The summed E-state index contributed by atoms with van der Waals surface area (Å²) in [5, 5.41) is 3.01. The largest absolute Gasteiger partial charge is 0.756 e. The lowest BCUT2D eigenvalue weighted by Crippen LogP contribution is -2.47. The number of hydrogen-bond acceptors (Lipinski definition) is 7. The third-order valence-corrected chi connectivity index (χ3v) is 14.9. The Bertz CT molecular complexity index is 1530. The molecule has 0 aromatic rings. The average Bonchev–Trinajstić information content (AvgIpc) is 3.38. The molecule has 3 atom stereocenters. The molecule has 0 aromatic heterocycles. The van der Waals surface area contributed by atoms with E-state index in [2.05, 4.69) is 86.8 Å². The van der Waals surface area contributed by atoms with Crippen molar-refractivity contribution in [3.63, 3.8) is 0 Å².